The summed E-state index contributed by atoms with van der Waals surface area (Å²) in [4.78, 5) is 27.4. The summed E-state index contributed by atoms with van der Waals surface area (Å²) in [5.74, 6) is 0.0687. The Morgan fingerprint density at radius 1 is 1.11 bits per heavy atom. The number of nitriles is 1. The predicted molar refractivity (Wildman–Crippen MR) is 109 cm³/mol. The maximum Gasteiger partial charge on any atom is 0.241 e. The van der Waals surface area contributed by atoms with Gasteiger partial charge in [-0.3, -0.25) is 14.5 Å². The highest BCUT2D eigenvalue weighted by Crippen LogP contribution is 2.24. The van der Waals surface area contributed by atoms with E-state index in [1.807, 2.05) is 38.1 Å². The molecular formula is C23H25N3O2. The van der Waals surface area contributed by atoms with Crippen LogP contribution in [0.2, 0.25) is 0 Å². The number of hydrogen-bond acceptors (Lipinski definition) is 4. The van der Waals surface area contributed by atoms with Crippen LogP contribution in [-0.4, -0.2) is 35.7 Å². The lowest BCUT2D eigenvalue weighted by molar-refractivity contribution is -0.121. The molecule has 2 aromatic rings. The van der Waals surface area contributed by atoms with Crippen LogP contribution < -0.4 is 5.32 Å². The predicted octanol–water partition coefficient (Wildman–Crippen LogP) is 3.79. The van der Waals surface area contributed by atoms with E-state index in [9.17, 15) is 9.59 Å². The fourth-order valence-corrected chi connectivity index (χ4v) is 3.60. The molecule has 0 bridgehead atoms. The van der Waals surface area contributed by atoms with E-state index in [0.717, 1.165) is 24.0 Å². The Balaban J connectivity index is 1.56. The van der Waals surface area contributed by atoms with Gasteiger partial charge in [-0.25, -0.2) is 0 Å². The van der Waals surface area contributed by atoms with Crippen molar-refractivity contribution in [2.24, 2.45) is 5.92 Å². The van der Waals surface area contributed by atoms with Gasteiger partial charge in [-0.1, -0.05) is 42.0 Å². The Kier molecular flexibility index (Phi) is 6.23. The largest absolute Gasteiger partial charge is 0.324 e. The molecule has 5 heteroatoms. The number of likely N-dealkylation sites (tertiary alicyclic amines) is 1. The summed E-state index contributed by atoms with van der Waals surface area (Å²) in [5.41, 5.74) is 2.89. The van der Waals surface area contributed by atoms with Crippen molar-refractivity contribution >= 4 is 17.4 Å². The molecule has 1 unspecified atom stereocenters. The van der Waals surface area contributed by atoms with Crippen LogP contribution in [0, 0.1) is 24.2 Å². The minimum Gasteiger partial charge on any atom is -0.324 e. The zero-order valence-electron chi connectivity index (χ0n) is 16.3. The third kappa shape index (κ3) is 4.47. The number of ketones is 1. The summed E-state index contributed by atoms with van der Waals surface area (Å²) in [6.07, 6.45) is 1.50. The molecular weight excluding hydrogens is 350 g/mol. The second-order valence-corrected chi connectivity index (χ2v) is 7.36. The minimum atomic E-state index is -0.317. The third-order valence-corrected chi connectivity index (χ3v) is 5.47. The molecule has 0 saturated carbocycles. The maximum atomic E-state index is 12.7. The summed E-state index contributed by atoms with van der Waals surface area (Å²) in [5, 5.41) is 12.0. The molecule has 2 aromatic carbocycles. The highest BCUT2D eigenvalue weighted by molar-refractivity contribution is 5.98. The van der Waals surface area contributed by atoms with E-state index in [-0.39, 0.29) is 23.7 Å². The number of benzene rings is 2. The van der Waals surface area contributed by atoms with Gasteiger partial charge in [0.1, 0.15) is 6.07 Å². The number of Topliss-reactive ketones (excluding diaryl/α,β-unsaturated/α-hetero) is 1. The molecule has 28 heavy (non-hydrogen) atoms. The first-order valence-electron chi connectivity index (χ1n) is 9.64. The van der Waals surface area contributed by atoms with Crippen LogP contribution in [0.25, 0.3) is 0 Å². The molecule has 1 aliphatic rings. The van der Waals surface area contributed by atoms with E-state index >= 15 is 0 Å². The lowest BCUT2D eigenvalue weighted by Gasteiger charge is -2.34. The van der Waals surface area contributed by atoms with Crippen molar-refractivity contribution in [1.29, 1.82) is 5.26 Å². The smallest absolute Gasteiger partial charge is 0.241 e. The average molecular weight is 375 g/mol. The molecule has 0 radical (unpaired) electrons. The van der Waals surface area contributed by atoms with Gasteiger partial charge in [0.2, 0.25) is 5.91 Å². The summed E-state index contributed by atoms with van der Waals surface area (Å²) in [7, 11) is 0. The molecule has 0 aromatic heterocycles. The van der Waals surface area contributed by atoms with Crippen molar-refractivity contribution in [3.8, 4) is 6.07 Å². The Hall–Kier alpha value is -2.97. The molecule has 1 N–H and O–H groups in total. The molecule has 1 fully saturated rings. The van der Waals surface area contributed by atoms with Crippen LogP contribution in [-0.2, 0) is 4.79 Å². The van der Waals surface area contributed by atoms with Gasteiger partial charge in [-0.2, -0.15) is 5.26 Å². The number of aryl methyl sites for hydroxylation is 1. The van der Waals surface area contributed by atoms with Gasteiger partial charge in [0.15, 0.2) is 5.78 Å². The number of hydrogen-bond donors (Lipinski definition) is 1. The van der Waals surface area contributed by atoms with Crippen LogP contribution in [0.4, 0.5) is 5.69 Å². The molecule has 3 rings (SSSR count). The number of amides is 1. The van der Waals surface area contributed by atoms with E-state index in [4.69, 9.17) is 5.26 Å². The Bertz CT molecular complexity index is 891. The summed E-state index contributed by atoms with van der Waals surface area (Å²) in [6, 6.07) is 16.5. The van der Waals surface area contributed by atoms with Crippen molar-refractivity contribution in [3.05, 3.63) is 65.2 Å². The number of rotatable bonds is 5. The highest BCUT2D eigenvalue weighted by Gasteiger charge is 2.30. The number of anilines is 1. The maximum absolute atomic E-state index is 12.7. The second-order valence-electron chi connectivity index (χ2n) is 7.36. The van der Waals surface area contributed by atoms with Gasteiger partial charge < -0.3 is 5.32 Å². The average Bonchev–Trinajstić information content (AvgIpc) is 2.73. The minimum absolute atomic E-state index is 0.00790. The number of nitrogens with one attached hydrogen (secondary N) is 1. The zero-order valence-corrected chi connectivity index (χ0v) is 16.3. The zero-order chi connectivity index (χ0) is 20.1. The first-order valence-corrected chi connectivity index (χ1v) is 9.64. The fourth-order valence-electron chi connectivity index (χ4n) is 3.60. The second kappa shape index (κ2) is 8.81. The first kappa shape index (κ1) is 19.8. The van der Waals surface area contributed by atoms with Crippen molar-refractivity contribution in [1.82, 2.24) is 4.90 Å². The van der Waals surface area contributed by atoms with E-state index in [2.05, 4.69) is 16.3 Å². The number of piperidine rings is 1. The molecule has 1 amide bonds. The van der Waals surface area contributed by atoms with E-state index in [0.29, 0.717) is 24.3 Å². The Labute approximate surface area is 166 Å². The van der Waals surface area contributed by atoms with Gasteiger partial charge in [0.25, 0.3) is 0 Å². The van der Waals surface area contributed by atoms with Crippen LogP contribution in [0.15, 0.2) is 48.5 Å². The topological polar surface area (TPSA) is 73.2 Å². The van der Waals surface area contributed by atoms with Gasteiger partial charge >= 0.3 is 0 Å². The molecule has 1 atom stereocenters. The third-order valence-electron chi connectivity index (χ3n) is 5.47. The van der Waals surface area contributed by atoms with Crippen molar-refractivity contribution < 1.29 is 9.59 Å². The van der Waals surface area contributed by atoms with Crippen LogP contribution in [0.1, 0.15) is 41.3 Å². The standard InChI is InChI=1S/C23H25N3O2/c1-16-7-9-18(10-8-16)22(27)19-11-13-26(14-12-19)17(2)23(28)25-21-6-4-3-5-20(21)15-24/h3-10,17,19H,11-14H2,1-2H3,(H,25,28). The van der Waals surface area contributed by atoms with Crippen LogP contribution in [0.5, 0.6) is 0 Å². The van der Waals surface area contributed by atoms with E-state index in [1.165, 1.54) is 0 Å². The summed E-state index contributed by atoms with van der Waals surface area (Å²) >= 11 is 0. The monoisotopic (exact) mass is 375 g/mol. The molecule has 144 valence electrons. The van der Waals surface area contributed by atoms with Crippen molar-refractivity contribution in [3.63, 3.8) is 0 Å². The first-order chi connectivity index (χ1) is 13.5. The van der Waals surface area contributed by atoms with Gasteiger partial charge in [0.05, 0.1) is 17.3 Å². The van der Waals surface area contributed by atoms with Crippen LogP contribution >= 0.6 is 0 Å². The van der Waals surface area contributed by atoms with E-state index < -0.39 is 0 Å². The van der Waals surface area contributed by atoms with E-state index in [1.54, 1.807) is 24.3 Å². The van der Waals surface area contributed by atoms with Gasteiger partial charge in [0, 0.05) is 11.5 Å². The highest BCUT2D eigenvalue weighted by atomic mass is 16.2. The van der Waals surface area contributed by atoms with Gasteiger partial charge in [-0.15, -0.1) is 0 Å². The van der Waals surface area contributed by atoms with Gasteiger partial charge in [-0.05, 0) is 51.9 Å². The molecule has 5 nitrogen and oxygen atoms in total. The molecule has 1 saturated heterocycles. The van der Waals surface area contributed by atoms with Crippen molar-refractivity contribution in [2.75, 3.05) is 18.4 Å². The summed E-state index contributed by atoms with van der Waals surface area (Å²) < 4.78 is 0. The number of carbonyl (C=O) groups excluding carboxylic acids is 2. The number of nitrogens with zero attached hydrogens (tertiary/aromatic N) is 2. The lowest BCUT2D eigenvalue weighted by atomic mass is 9.88. The van der Waals surface area contributed by atoms with Crippen LogP contribution in [0.3, 0.4) is 0 Å². The SMILES string of the molecule is Cc1ccc(C(=O)C2CCN(C(C)C(=O)Nc3ccccc3C#N)CC2)cc1. The molecule has 1 heterocycles. The Morgan fingerprint density at radius 3 is 2.39 bits per heavy atom. The summed E-state index contributed by atoms with van der Waals surface area (Å²) in [6.45, 7) is 5.29. The molecule has 0 spiro atoms. The number of para-hydroxylation sites is 1. The molecule has 1 aliphatic heterocycles. The molecule has 0 aliphatic carbocycles. The fraction of sp³-hybridized carbons (Fsp3) is 0.348. The Morgan fingerprint density at radius 2 is 1.75 bits per heavy atom. The quantitative estimate of drug-likeness (QED) is 0.807. The van der Waals surface area contributed by atoms with Crippen molar-refractivity contribution in [2.45, 2.75) is 32.7 Å². The normalized spacial score (nSPS) is 16.2. The lowest BCUT2D eigenvalue weighted by Crippen LogP contribution is -2.47. The number of carbonyl (C=O) groups is 2.